The molecule has 0 saturated heterocycles. The predicted molar refractivity (Wildman–Crippen MR) is 95.7 cm³/mol. The maximum absolute atomic E-state index is 12.7. The van der Waals surface area contributed by atoms with Crippen LogP contribution in [-0.2, 0) is 16.4 Å². The number of fused-ring (bicyclic) bond motifs is 1. The van der Waals surface area contributed by atoms with Crippen LogP contribution in [0.25, 0.3) is 0 Å². The molecule has 0 saturated carbocycles. The highest BCUT2D eigenvalue weighted by atomic mass is 32.2. The fourth-order valence-electron chi connectivity index (χ4n) is 2.93. The minimum atomic E-state index is -3.60. The number of nitrogens with one attached hydrogen (secondary N) is 1. The average Bonchev–Trinajstić information content (AvgIpc) is 3.36. The van der Waals surface area contributed by atoms with E-state index in [1.807, 2.05) is 29.6 Å². The lowest BCUT2D eigenvalue weighted by molar-refractivity contribution is 0.356. The quantitative estimate of drug-likeness (QED) is 0.717. The van der Waals surface area contributed by atoms with Gasteiger partial charge < -0.3 is 9.15 Å². The molecular weight excluding hydrogens is 358 g/mol. The van der Waals surface area contributed by atoms with Crippen molar-refractivity contribution in [2.45, 2.75) is 17.2 Å². The van der Waals surface area contributed by atoms with Crippen LogP contribution in [0, 0.1) is 0 Å². The third-order valence-electron chi connectivity index (χ3n) is 4.22. The first-order valence-electron chi connectivity index (χ1n) is 7.96. The fourth-order valence-corrected chi connectivity index (χ4v) is 4.86. The monoisotopic (exact) mass is 375 g/mol. The van der Waals surface area contributed by atoms with Crippen molar-refractivity contribution in [3.05, 3.63) is 70.3 Å². The molecule has 1 aliphatic rings. The van der Waals surface area contributed by atoms with Gasteiger partial charge in [0.2, 0.25) is 10.0 Å². The third kappa shape index (κ3) is 3.35. The van der Waals surface area contributed by atoms with Crippen molar-refractivity contribution in [1.29, 1.82) is 0 Å². The lowest BCUT2D eigenvalue weighted by Gasteiger charge is -2.15. The van der Waals surface area contributed by atoms with E-state index in [0.29, 0.717) is 6.61 Å². The number of thiophene rings is 1. The van der Waals surface area contributed by atoms with Crippen molar-refractivity contribution in [1.82, 2.24) is 4.72 Å². The highest BCUT2D eigenvalue weighted by Crippen LogP contribution is 2.30. The van der Waals surface area contributed by atoms with Crippen LogP contribution in [-0.4, -0.2) is 21.6 Å². The summed E-state index contributed by atoms with van der Waals surface area (Å²) in [5, 5.41) is 1.97. The lowest BCUT2D eigenvalue weighted by Crippen LogP contribution is -2.28. The summed E-state index contributed by atoms with van der Waals surface area (Å²) in [6.07, 6.45) is 2.34. The zero-order chi connectivity index (χ0) is 17.3. The molecule has 1 N–H and O–H groups in total. The smallest absolute Gasteiger partial charge is 0.240 e. The van der Waals surface area contributed by atoms with Gasteiger partial charge in [0, 0.05) is 17.8 Å². The van der Waals surface area contributed by atoms with E-state index in [0.717, 1.165) is 28.4 Å². The van der Waals surface area contributed by atoms with Crippen molar-refractivity contribution in [2.24, 2.45) is 0 Å². The van der Waals surface area contributed by atoms with Gasteiger partial charge in [0.15, 0.2) is 0 Å². The van der Waals surface area contributed by atoms with E-state index in [1.165, 1.54) is 0 Å². The molecular formula is C18H17NO4S2. The minimum Gasteiger partial charge on any atom is -0.493 e. The van der Waals surface area contributed by atoms with Gasteiger partial charge in [-0.15, -0.1) is 11.3 Å². The molecule has 25 heavy (non-hydrogen) atoms. The first-order chi connectivity index (χ1) is 12.1. The van der Waals surface area contributed by atoms with Gasteiger partial charge in [0.05, 0.1) is 23.7 Å². The van der Waals surface area contributed by atoms with Gasteiger partial charge in [-0.2, -0.15) is 0 Å². The molecule has 1 atom stereocenters. The van der Waals surface area contributed by atoms with E-state index in [4.69, 9.17) is 9.15 Å². The van der Waals surface area contributed by atoms with E-state index in [1.54, 1.807) is 35.8 Å². The van der Waals surface area contributed by atoms with Crippen LogP contribution in [0.3, 0.4) is 0 Å². The second kappa shape index (κ2) is 6.67. The van der Waals surface area contributed by atoms with Gasteiger partial charge in [-0.1, -0.05) is 6.07 Å². The second-order valence-corrected chi connectivity index (χ2v) is 8.55. The molecule has 5 nitrogen and oxygen atoms in total. The Bertz CT molecular complexity index is 913. The van der Waals surface area contributed by atoms with E-state index in [2.05, 4.69) is 4.72 Å². The van der Waals surface area contributed by atoms with Crippen LogP contribution in [0.4, 0.5) is 0 Å². The third-order valence-corrected chi connectivity index (χ3v) is 6.63. The molecule has 0 fully saturated rings. The van der Waals surface area contributed by atoms with Gasteiger partial charge in [0.25, 0.3) is 0 Å². The Morgan fingerprint density at radius 1 is 1.20 bits per heavy atom. The van der Waals surface area contributed by atoms with Gasteiger partial charge >= 0.3 is 0 Å². The van der Waals surface area contributed by atoms with Gasteiger partial charge in [0.1, 0.15) is 11.5 Å². The maximum atomic E-state index is 12.7. The van der Waals surface area contributed by atoms with E-state index in [9.17, 15) is 8.42 Å². The SMILES string of the molecule is O=S(=O)(NC[C@@H](c1ccco1)c1cccs1)c1ccc2c(c1)CCO2. The molecule has 7 heteroatoms. The number of sulfonamides is 1. The number of hydrogen-bond acceptors (Lipinski definition) is 5. The van der Waals surface area contributed by atoms with Crippen LogP contribution >= 0.6 is 11.3 Å². The van der Waals surface area contributed by atoms with Gasteiger partial charge in [-0.25, -0.2) is 13.1 Å². The van der Waals surface area contributed by atoms with Crippen molar-refractivity contribution < 1.29 is 17.6 Å². The Balaban J connectivity index is 1.56. The summed E-state index contributed by atoms with van der Waals surface area (Å²) in [5.41, 5.74) is 0.934. The zero-order valence-electron chi connectivity index (χ0n) is 13.3. The molecule has 130 valence electrons. The summed E-state index contributed by atoms with van der Waals surface area (Å²) in [7, 11) is -3.60. The topological polar surface area (TPSA) is 68.5 Å². The fraction of sp³-hybridized carbons (Fsp3) is 0.222. The highest BCUT2D eigenvalue weighted by molar-refractivity contribution is 7.89. The van der Waals surface area contributed by atoms with Crippen molar-refractivity contribution in [2.75, 3.05) is 13.2 Å². The molecule has 3 aromatic rings. The largest absolute Gasteiger partial charge is 0.493 e. The van der Waals surface area contributed by atoms with Crippen molar-refractivity contribution in [3.63, 3.8) is 0 Å². The molecule has 0 aliphatic carbocycles. The molecule has 1 aliphatic heterocycles. The summed E-state index contributed by atoms with van der Waals surface area (Å²) in [4.78, 5) is 1.32. The van der Waals surface area contributed by atoms with Crippen molar-refractivity contribution in [3.8, 4) is 5.75 Å². The average molecular weight is 375 g/mol. The minimum absolute atomic E-state index is 0.150. The first-order valence-corrected chi connectivity index (χ1v) is 10.3. The molecule has 0 amide bonds. The molecule has 3 heterocycles. The highest BCUT2D eigenvalue weighted by Gasteiger charge is 2.23. The van der Waals surface area contributed by atoms with Gasteiger partial charge in [-0.3, -0.25) is 0 Å². The number of hydrogen-bond donors (Lipinski definition) is 1. The van der Waals surface area contributed by atoms with Crippen molar-refractivity contribution >= 4 is 21.4 Å². The summed E-state index contributed by atoms with van der Waals surface area (Å²) in [6, 6.07) is 12.6. The Labute approximate surface area is 150 Å². The van der Waals surface area contributed by atoms with Crippen LogP contribution in [0.5, 0.6) is 5.75 Å². The lowest BCUT2D eigenvalue weighted by atomic mass is 10.1. The summed E-state index contributed by atoms with van der Waals surface area (Å²) in [5.74, 6) is 1.36. The Hall–Kier alpha value is -2.09. The predicted octanol–water partition coefficient (Wildman–Crippen LogP) is 3.39. The molecule has 0 radical (unpaired) electrons. The number of benzene rings is 1. The summed E-state index contributed by atoms with van der Waals surface area (Å²) >= 11 is 1.58. The Kier molecular flexibility index (Phi) is 4.37. The van der Waals surface area contributed by atoms with E-state index >= 15 is 0 Å². The van der Waals surface area contributed by atoms with Gasteiger partial charge in [-0.05, 0) is 47.3 Å². The molecule has 4 rings (SSSR count). The molecule has 1 aromatic carbocycles. The molecule has 0 spiro atoms. The normalized spacial score (nSPS) is 14.9. The molecule has 2 aromatic heterocycles. The zero-order valence-corrected chi connectivity index (χ0v) is 15.0. The first kappa shape index (κ1) is 16.4. The standard InChI is InChI=1S/C18H17NO4S2/c20-25(21,14-5-6-16-13(11-14)7-9-23-16)19-12-15(17-3-1-8-22-17)18-4-2-10-24-18/h1-6,8,10-11,15,19H,7,9,12H2/t15-/m0/s1. The number of ether oxygens (including phenoxy) is 1. The molecule has 0 bridgehead atoms. The van der Waals surface area contributed by atoms with Crippen LogP contribution in [0.15, 0.2) is 63.4 Å². The maximum Gasteiger partial charge on any atom is 0.240 e. The number of rotatable bonds is 6. The van der Waals surface area contributed by atoms with Crippen LogP contribution in [0.2, 0.25) is 0 Å². The summed E-state index contributed by atoms with van der Waals surface area (Å²) in [6.45, 7) is 0.842. The van der Waals surface area contributed by atoms with E-state index in [-0.39, 0.29) is 17.4 Å². The Morgan fingerprint density at radius 2 is 2.12 bits per heavy atom. The number of furan rings is 1. The summed E-state index contributed by atoms with van der Waals surface area (Å²) < 4.78 is 39.1. The van der Waals surface area contributed by atoms with Crippen LogP contribution < -0.4 is 9.46 Å². The Morgan fingerprint density at radius 3 is 2.88 bits per heavy atom. The second-order valence-electron chi connectivity index (χ2n) is 5.80. The van der Waals surface area contributed by atoms with Crippen LogP contribution in [0.1, 0.15) is 22.1 Å². The molecule has 0 unspecified atom stereocenters. The van der Waals surface area contributed by atoms with E-state index < -0.39 is 10.0 Å².